The number of nitrogens with two attached hydrogens (primary N) is 1. The zero-order valence-corrected chi connectivity index (χ0v) is 13.8. The molecule has 7 nitrogen and oxygen atoms in total. The first kappa shape index (κ1) is 15.4. The van der Waals surface area contributed by atoms with Crippen LogP contribution in [0.3, 0.4) is 0 Å². The number of rotatable bonds is 2. The molecule has 7 heteroatoms. The van der Waals surface area contributed by atoms with Crippen LogP contribution in [0.5, 0.6) is 0 Å². The standard InChI is InChI=1S/C17H24N6O/c18-15-13-3-4-14(20-16(13)22-21-15)12-2-1-9-23(10-12)17(24)11-5-7-19-8-6-11/h3-4,11-12,19H,1-2,5-10H2,(H3,18,20,21,22)/t12-/m0/s1. The second kappa shape index (κ2) is 6.39. The summed E-state index contributed by atoms with van der Waals surface area (Å²) in [4.78, 5) is 19.5. The summed E-state index contributed by atoms with van der Waals surface area (Å²) in [5.41, 5.74) is 7.50. The highest BCUT2D eigenvalue weighted by Crippen LogP contribution is 2.29. The second-order valence-electron chi connectivity index (χ2n) is 6.89. The highest BCUT2D eigenvalue weighted by Gasteiger charge is 2.30. The van der Waals surface area contributed by atoms with Crippen LogP contribution in [0.1, 0.15) is 37.3 Å². The van der Waals surface area contributed by atoms with Crippen LogP contribution in [0.25, 0.3) is 11.0 Å². The molecule has 4 heterocycles. The monoisotopic (exact) mass is 328 g/mol. The van der Waals surface area contributed by atoms with Crippen molar-refractivity contribution in [1.29, 1.82) is 0 Å². The van der Waals surface area contributed by atoms with E-state index in [2.05, 4.69) is 25.4 Å². The van der Waals surface area contributed by atoms with Crippen molar-refractivity contribution in [2.24, 2.45) is 5.92 Å². The summed E-state index contributed by atoms with van der Waals surface area (Å²) in [6.07, 6.45) is 4.01. The Morgan fingerprint density at radius 1 is 1.25 bits per heavy atom. The number of nitrogens with one attached hydrogen (secondary N) is 2. The third-order valence-corrected chi connectivity index (χ3v) is 5.31. The van der Waals surface area contributed by atoms with Gasteiger partial charge in [0.1, 0.15) is 5.82 Å². The molecule has 2 fully saturated rings. The molecule has 2 aromatic heterocycles. The molecule has 0 aliphatic carbocycles. The van der Waals surface area contributed by atoms with Gasteiger partial charge in [-0.1, -0.05) is 0 Å². The van der Waals surface area contributed by atoms with E-state index in [0.29, 0.717) is 17.4 Å². The lowest BCUT2D eigenvalue weighted by Gasteiger charge is -2.35. The third-order valence-electron chi connectivity index (χ3n) is 5.31. The fourth-order valence-electron chi connectivity index (χ4n) is 3.91. The molecule has 2 aromatic rings. The maximum Gasteiger partial charge on any atom is 0.225 e. The topological polar surface area (TPSA) is 99.9 Å². The van der Waals surface area contributed by atoms with E-state index in [0.717, 1.165) is 62.9 Å². The Morgan fingerprint density at radius 3 is 2.92 bits per heavy atom. The first-order valence-electron chi connectivity index (χ1n) is 8.82. The van der Waals surface area contributed by atoms with Crippen molar-refractivity contribution in [3.8, 4) is 0 Å². The van der Waals surface area contributed by atoms with Gasteiger partial charge >= 0.3 is 0 Å². The number of aromatic nitrogens is 3. The van der Waals surface area contributed by atoms with E-state index in [1.807, 2.05) is 12.1 Å². The van der Waals surface area contributed by atoms with Crippen LogP contribution in [0.15, 0.2) is 12.1 Å². The number of nitrogens with zero attached hydrogens (tertiary/aromatic N) is 3. The molecule has 0 unspecified atom stereocenters. The van der Waals surface area contributed by atoms with Gasteiger partial charge in [-0.05, 0) is 50.9 Å². The molecule has 0 saturated carbocycles. The molecule has 0 aromatic carbocycles. The number of piperidine rings is 2. The van der Waals surface area contributed by atoms with Crippen molar-refractivity contribution >= 4 is 22.8 Å². The average Bonchev–Trinajstić information content (AvgIpc) is 3.02. The fraction of sp³-hybridized carbons (Fsp3) is 0.588. The first-order valence-corrected chi connectivity index (χ1v) is 8.82. The molecule has 2 aliphatic heterocycles. The van der Waals surface area contributed by atoms with E-state index >= 15 is 0 Å². The van der Waals surface area contributed by atoms with Gasteiger partial charge in [-0.15, -0.1) is 0 Å². The van der Waals surface area contributed by atoms with Crippen molar-refractivity contribution in [1.82, 2.24) is 25.4 Å². The highest BCUT2D eigenvalue weighted by molar-refractivity contribution is 5.85. The van der Waals surface area contributed by atoms with Gasteiger partial charge < -0.3 is 16.0 Å². The van der Waals surface area contributed by atoms with Crippen LogP contribution in [-0.4, -0.2) is 52.2 Å². The minimum absolute atomic E-state index is 0.187. The van der Waals surface area contributed by atoms with E-state index in [4.69, 9.17) is 5.73 Å². The summed E-state index contributed by atoms with van der Waals surface area (Å²) < 4.78 is 0. The summed E-state index contributed by atoms with van der Waals surface area (Å²) in [5.74, 6) is 1.35. The van der Waals surface area contributed by atoms with Gasteiger partial charge in [-0.2, -0.15) is 5.10 Å². The maximum atomic E-state index is 12.8. The predicted molar refractivity (Wildman–Crippen MR) is 92.4 cm³/mol. The molecule has 4 N–H and O–H groups in total. The molecule has 2 saturated heterocycles. The number of H-pyrrole nitrogens is 1. The van der Waals surface area contributed by atoms with Crippen molar-refractivity contribution in [3.05, 3.63) is 17.8 Å². The van der Waals surface area contributed by atoms with Gasteiger partial charge in [0.05, 0.1) is 5.39 Å². The number of hydrogen-bond acceptors (Lipinski definition) is 5. The van der Waals surface area contributed by atoms with Crippen LogP contribution >= 0.6 is 0 Å². The molecule has 0 spiro atoms. The summed E-state index contributed by atoms with van der Waals surface area (Å²) in [6.45, 7) is 3.54. The second-order valence-corrected chi connectivity index (χ2v) is 6.89. The number of likely N-dealkylation sites (tertiary alicyclic amines) is 1. The SMILES string of the molecule is Nc1[nH]nc2nc([C@H]3CCCN(C(=O)C4CCNCC4)C3)ccc12. The zero-order chi connectivity index (χ0) is 16.5. The van der Waals surface area contributed by atoms with Crippen LogP contribution in [0.2, 0.25) is 0 Å². The third kappa shape index (κ3) is 2.84. The van der Waals surface area contributed by atoms with Crippen LogP contribution in [-0.2, 0) is 4.79 Å². The Hall–Kier alpha value is -2.15. The molecule has 4 rings (SSSR count). The van der Waals surface area contributed by atoms with E-state index in [1.54, 1.807) is 0 Å². The zero-order valence-electron chi connectivity index (χ0n) is 13.8. The van der Waals surface area contributed by atoms with Crippen LogP contribution in [0, 0.1) is 5.92 Å². The minimum atomic E-state index is 0.187. The predicted octanol–water partition coefficient (Wildman–Crippen LogP) is 1.25. The smallest absolute Gasteiger partial charge is 0.225 e. The lowest BCUT2D eigenvalue weighted by Crippen LogP contribution is -2.45. The average molecular weight is 328 g/mol. The van der Waals surface area contributed by atoms with Crippen molar-refractivity contribution in [2.75, 3.05) is 31.9 Å². The largest absolute Gasteiger partial charge is 0.384 e. The van der Waals surface area contributed by atoms with Gasteiger partial charge in [-0.3, -0.25) is 9.89 Å². The molecular weight excluding hydrogens is 304 g/mol. The number of amides is 1. The number of carbonyl (C=O) groups is 1. The van der Waals surface area contributed by atoms with E-state index in [9.17, 15) is 4.79 Å². The van der Waals surface area contributed by atoms with Gasteiger partial charge in [0.15, 0.2) is 5.65 Å². The lowest BCUT2D eigenvalue weighted by atomic mass is 9.91. The highest BCUT2D eigenvalue weighted by atomic mass is 16.2. The fourth-order valence-corrected chi connectivity index (χ4v) is 3.91. The number of aromatic amines is 1. The molecule has 128 valence electrons. The van der Waals surface area contributed by atoms with Crippen molar-refractivity contribution in [2.45, 2.75) is 31.6 Å². The Balaban J connectivity index is 1.49. The van der Waals surface area contributed by atoms with Crippen LogP contribution < -0.4 is 11.1 Å². The first-order chi connectivity index (χ1) is 11.7. The van der Waals surface area contributed by atoms with Crippen molar-refractivity contribution in [3.63, 3.8) is 0 Å². The van der Waals surface area contributed by atoms with E-state index in [1.165, 1.54) is 0 Å². The number of hydrogen-bond donors (Lipinski definition) is 3. The Morgan fingerprint density at radius 2 is 2.08 bits per heavy atom. The Labute approximate surface area is 141 Å². The molecule has 24 heavy (non-hydrogen) atoms. The number of anilines is 1. The molecule has 0 radical (unpaired) electrons. The Bertz CT molecular complexity index is 736. The number of nitrogen functional groups attached to an aromatic ring is 1. The summed E-state index contributed by atoms with van der Waals surface area (Å²) >= 11 is 0. The van der Waals surface area contributed by atoms with E-state index < -0.39 is 0 Å². The summed E-state index contributed by atoms with van der Waals surface area (Å²) in [6, 6.07) is 4.00. The molecule has 1 atom stereocenters. The van der Waals surface area contributed by atoms with Gasteiger partial charge in [0, 0.05) is 30.6 Å². The molecule has 1 amide bonds. The van der Waals surface area contributed by atoms with Gasteiger partial charge in [0.2, 0.25) is 5.91 Å². The molecular formula is C17H24N6O. The van der Waals surface area contributed by atoms with Crippen molar-refractivity contribution < 1.29 is 4.79 Å². The van der Waals surface area contributed by atoms with Crippen LogP contribution in [0.4, 0.5) is 5.82 Å². The van der Waals surface area contributed by atoms with Gasteiger partial charge in [-0.25, -0.2) is 4.98 Å². The Kier molecular flexibility index (Phi) is 4.10. The summed E-state index contributed by atoms with van der Waals surface area (Å²) in [7, 11) is 0. The minimum Gasteiger partial charge on any atom is -0.384 e. The number of fused-ring (bicyclic) bond motifs is 1. The maximum absolute atomic E-state index is 12.8. The lowest BCUT2D eigenvalue weighted by molar-refractivity contribution is -0.137. The number of carbonyl (C=O) groups excluding carboxylic acids is 1. The van der Waals surface area contributed by atoms with E-state index in [-0.39, 0.29) is 11.8 Å². The normalized spacial score (nSPS) is 22.8. The summed E-state index contributed by atoms with van der Waals surface area (Å²) in [5, 5.41) is 11.1. The molecule has 2 aliphatic rings. The number of pyridine rings is 1. The van der Waals surface area contributed by atoms with Gasteiger partial charge in [0.25, 0.3) is 0 Å². The quantitative estimate of drug-likeness (QED) is 0.770. The molecule has 0 bridgehead atoms.